The summed E-state index contributed by atoms with van der Waals surface area (Å²) in [4.78, 5) is 2.49. The molecule has 4 nitrogen and oxygen atoms in total. The van der Waals surface area contributed by atoms with Gasteiger partial charge in [-0.15, -0.1) is 0 Å². The fraction of sp³-hybridized carbons (Fsp3) is 0.500. The van der Waals surface area contributed by atoms with E-state index in [0.29, 0.717) is 10.5 Å². The average Bonchev–Trinajstić information content (AvgIpc) is 2.37. The highest BCUT2D eigenvalue weighted by atomic mass is 32.2. The number of rotatable bonds is 3. The number of nitrogens with two attached hydrogens (primary N) is 1. The zero-order valence-corrected chi connectivity index (χ0v) is 12.2. The summed E-state index contributed by atoms with van der Waals surface area (Å²) in [7, 11) is 0. The van der Waals surface area contributed by atoms with Crippen LogP contribution in [-0.4, -0.2) is 39.5 Å². The fourth-order valence-corrected chi connectivity index (χ4v) is 3.90. The lowest BCUT2D eigenvalue weighted by Crippen LogP contribution is -2.39. The van der Waals surface area contributed by atoms with E-state index in [-0.39, 0.29) is 5.84 Å². The maximum absolute atomic E-state index is 8.63. The molecule has 0 radical (unpaired) electrons. The van der Waals surface area contributed by atoms with Crippen LogP contribution in [-0.2, 0) is 6.54 Å². The number of amidine groups is 1. The molecule has 1 aliphatic rings. The predicted octanol–water partition coefficient (Wildman–Crippen LogP) is 2.11. The van der Waals surface area contributed by atoms with E-state index >= 15 is 0 Å². The van der Waals surface area contributed by atoms with E-state index in [9.17, 15) is 0 Å². The van der Waals surface area contributed by atoms with Crippen LogP contribution in [0.4, 0.5) is 0 Å². The number of hydrogen-bond acceptors (Lipinski definition) is 4. The number of thioether (sulfide) groups is 1. The summed E-state index contributed by atoms with van der Waals surface area (Å²) in [6, 6.07) is 7.89. The van der Waals surface area contributed by atoms with Crippen LogP contribution in [0.15, 0.2) is 29.4 Å². The van der Waals surface area contributed by atoms with Crippen LogP contribution in [0.25, 0.3) is 0 Å². The lowest BCUT2D eigenvalue weighted by molar-refractivity contribution is 0.263. The monoisotopic (exact) mass is 279 g/mol. The average molecular weight is 279 g/mol. The van der Waals surface area contributed by atoms with E-state index in [1.807, 2.05) is 24.3 Å². The van der Waals surface area contributed by atoms with Gasteiger partial charge in [0.15, 0.2) is 5.84 Å². The standard InChI is InChI=1S/C14H21N3OS/c1-10-7-17(8-11(2)19-10)9-12-3-5-13(6-4-12)14(15)16-18/h3-6,10-11,18H,7-9H2,1-2H3,(H2,15,16). The molecule has 1 fully saturated rings. The van der Waals surface area contributed by atoms with Crippen LogP contribution in [0, 0.1) is 0 Å². The summed E-state index contributed by atoms with van der Waals surface area (Å²) < 4.78 is 0. The van der Waals surface area contributed by atoms with Gasteiger partial charge in [0.25, 0.3) is 0 Å². The minimum absolute atomic E-state index is 0.156. The third-order valence-electron chi connectivity index (χ3n) is 3.26. The van der Waals surface area contributed by atoms with Gasteiger partial charge < -0.3 is 10.9 Å². The summed E-state index contributed by atoms with van der Waals surface area (Å²) in [5.41, 5.74) is 7.57. The van der Waals surface area contributed by atoms with Gasteiger partial charge in [0, 0.05) is 35.7 Å². The molecule has 1 aromatic carbocycles. The smallest absolute Gasteiger partial charge is 0.170 e. The molecule has 0 saturated carbocycles. The Morgan fingerprint density at radius 3 is 2.42 bits per heavy atom. The molecule has 0 aromatic heterocycles. The Balaban J connectivity index is 1.99. The molecule has 0 bridgehead atoms. The number of oxime groups is 1. The molecule has 3 N–H and O–H groups in total. The Morgan fingerprint density at radius 2 is 1.89 bits per heavy atom. The Kier molecular flexibility index (Phi) is 4.71. The highest BCUT2D eigenvalue weighted by Crippen LogP contribution is 2.25. The minimum atomic E-state index is 0.156. The van der Waals surface area contributed by atoms with Gasteiger partial charge in [-0.05, 0) is 5.56 Å². The molecule has 5 heteroatoms. The van der Waals surface area contributed by atoms with Crippen LogP contribution in [0.1, 0.15) is 25.0 Å². The van der Waals surface area contributed by atoms with E-state index in [4.69, 9.17) is 10.9 Å². The Hall–Kier alpha value is -1.20. The number of hydrogen-bond donors (Lipinski definition) is 2. The van der Waals surface area contributed by atoms with E-state index in [2.05, 4.69) is 35.7 Å². The lowest BCUT2D eigenvalue weighted by Gasteiger charge is -2.34. The predicted molar refractivity (Wildman–Crippen MR) is 80.7 cm³/mol. The largest absolute Gasteiger partial charge is 0.409 e. The van der Waals surface area contributed by atoms with Crippen molar-refractivity contribution >= 4 is 17.6 Å². The highest BCUT2D eigenvalue weighted by molar-refractivity contribution is 8.00. The van der Waals surface area contributed by atoms with Crippen LogP contribution >= 0.6 is 11.8 Å². The molecule has 1 heterocycles. The molecule has 104 valence electrons. The van der Waals surface area contributed by atoms with Gasteiger partial charge in [0.05, 0.1) is 0 Å². The van der Waals surface area contributed by atoms with Gasteiger partial charge in [-0.1, -0.05) is 43.3 Å². The highest BCUT2D eigenvalue weighted by Gasteiger charge is 2.21. The van der Waals surface area contributed by atoms with Gasteiger partial charge in [-0.3, -0.25) is 4.90 Å². The first-order valence-corrected chi connectivity index (χ1v) is 7.47. The van der Waals surface area contributed by atoms with Crippen LogP contribution in [0.2, 0.25) is 0 Å². The maximum atomic E-state index is 8.63. The van der Waals surface area contributed by atoms with E-state index in [1.165, 1.54) is 5.56 Å². The zero-order valence-electron chi connectivity index (χ0n) is 11.4. The first kappa shape index (κ1) is 14.2. The molecule has 2 unspecified atom stereocenters. The minimum Gasteiger partial charge on any atom is -0.409 e. The second-order valence-electron chi connectivity index (χ2n) is 5.13. The van der Waals surface area contributed by atoms with E-state index < -0.39 is 0 Å². The van der Waals surface area contributed by atoms with Crippen molar-refractivity contribution < 1.29 is 5.21 Å². The summed E-state index contributed by atoms with van der Waals surface area (Å²) >= 11 is 2.06. The first-order valence-electron chi connectivity index (χ1n) is 6.53. The van der Waals surface area contributed by atoms with Crippen molar-refractivity contribution in [2.24, 2.45) is 10.9 Å². The van der Waals surface area contributed by atoms with Crippen molar-refractivity contribution in [2.75, 3.05) is 13.1 Å². The van der Waals surface area contributed by atoms with E-state index in [0.717, 1.165) is 25.2 Å². The zero-order chi connectivity index (χ0) is 13.8. The van der Waals surface area contributed by atoms with Crippen molar-refractivity contribution in [1.82, 2.24) is 4.90 Å². The topological polar surface area (TPSA) is 61.8 Å². The quantitative estimate of drug-likeness (QED) is 0.385. The third-order valence-corrected chi connectivity index (χ3v) is 4.49. The Bertz CT molecular complexity index is 437. The second kappa shape index (κ2) is 6.30. The SMILES string of the molecule is CC1CN(Cc2ccc(C(N)=NO)cc2)CC(C)S1. The van der Waals surface area contributed by atoms with Gasteiger partial charge in [-0.25, -0.2) is 0 Å². The summed E-state index contributed by atoms with van der Waals surface area (Å²) in [5, 5.41) is 13.0. The van der Waals surface area contributed by atoms with Gasteiger partial charge in [0.1, 0.15) is 0 Å². The lowest BCUT2D eigenvalue weighted by atomic mass is 10.1. The normalized spacial score (nSPS) is 25.5. The summed E-state index contributed by atoms with van der Waals surface area (Å²) in [6.07, 6.45) is 0. The molecular weight excluding hydrogens is 258 g/mol. The second-order valence-corrected chi connectivity index (χ2v) is 7.02. The van der Waals surface area contributed by atoms with Crippen molar-refractivity contribution in [3.05, 3.63) is 35.4 Å². The van der Waals surface area contributed by atoms with Crippen molar-refractivity contribution in [3.63, 3.8) is 0 Å². The van der Waals surface area contributed by atoms with Crippen molar-refractivity contribution in [1.29, 1.82) is 0 Å². The fourth-order valence-electron chi connectivity index (χ4n) is 2.51. The van der Waals surface area contributed by atoms with Gasteiger partial charge >= 0.3 is 0 Å². The molecule has 2 atom stereocenters. The van der Waals surface area contributed by atoms with Crippen molar-refractivity contribution in [3.8, 4) is 0 Å². The van der Waals surface area contributed by atoms with Gasteiger partial charge in [-0.2, -0.15) is 11.8 Å². The molecule has 19 heavy (non-hydrogen) atoms. The maximum Gasteiger partial charge on any atom is 0.170 e. The molecule has 2 rings (SSSR count). The summed E-state index contributed by atoms with van der Waals surface area (Å²) in [6.45, 7) is 7.81. The number of benzene rings is 1. The van der Waals surface area contributed by atoms with E-state index in [1.54, 1.807) is 0 Å². The molecule has 1 saturated heterocycles. The molecule has 1 aromatic rings. The third kappa shape index (κ3) is 3.88. The summed E-state index contributed by atoms with van der Waals surface area (Å²) in [5.74, 6) is 0.156. The Morgan fingerprint density at radius 1 is 1.32 bits per heavy atom. The molecule has 0 amide bonds. The first-order chi connectivity index (χ1) is 9.08. The molecule has 0 spiro atoms. The van der Waals surface area contributed by atoms with Gasteiger partial charge in [0.2, 0.25) is 0 Å². The van der Waals surface area contributed by atoms with Crippen LogP contribution in [0.3, 0.4) is 0 Å². The molecule has 1 aliphatic heterocycles. The Labute approximate surface area is 118 Å². The van der Waals surface area contributed by atoms with Crippen LogP contribution in [0.5, 0.6) is 0 Å². The molecular formula is C14H21N3OS. The molecule has 0 aliphatic carbocycles. The number of nitrogens with zero attached hydrogens (tertiary/aromatic N) is 2. The van der Waals surface area contributed by atoms with Crippen LogP contribution < -0.4 is 5.73 Å². The van der Waals surface area contributed by atoms with Crippen molar-refractivity contribution in [2.45, 2.75) is 30.9 Å².